The minimum absolute atomic E-state index is 0.303. The summed E-state index contributed by atoms with van der Waals surface area (Å²) in [4.78, 5) is 22.9. The minimum atomic E-state index is -0.303. The summed E-state index contributed by atoms with van der Waals surface area (Å²) in [6.45, 7) is 4.74. The third kappa shape index (κ3) is 4.32. The van der Waals surface area contributed by atoms with Crippen LogP contribution in [0.4, 0.5) is 21.0 Å². The number of urea groups is 2. The summed E-state index contributed by atoms with van der Waals surface area (Å²) >= 11 is 0. The lowest BCUT2D eigenvalue weighted by atomic mass is 10.2. The standard InChI is InChI=1S/C12H18N4O2/c1-3-13-11(17)15-9-7-5-6-8-10(9)16-12(18)14-4-2/h5-8H,3-4H2,1-2H3,(H2,13,15,17)(H2,14,16,18). The van der Waals surface area contributed by atoms with Crippen molar-refractivity contribution in [2.75, 3.05) is 23.7 Å². The Morgan fingerprint density at radius 2 is 1.28 bits per heavy atom. The molecule has 0 aliphatic carbocycles. The highest BCUT2D eigenvalue weighted by Gasteiger charge is 2.07. The molecule has 0 saturated heterocycles. The van der Waals surface area contributed by atoms with Crippen LogP contribution in [0.25, 0.3) is 0 Å². The summed E-state index contributed by atoms with van der Waals surface area (Å²) in [6.07, 6.45) is 0. The Kier molecular flexibility index (Phi) is 5.50. The van der Waals surface area contributed by atoms with E-state index in [1.807, 2.05) is 13.8 Å². The summed E-state index contributed by atoms with van der Waals surface area (Å²) in [5.74, 6) is 0. The second-order valence-corrected chi connectivity index (χ2v) is 3.51. The van der Waals surface area contributed by atoms with Crippen molar-refractivity contribution in [2.45, 2.75) is 13.8 Å². The van der Waals surface area contributed by atoms with Gasteiger partial charge in [-0.2, -0.15) is 0 Å². The molecule has 0 saturated carbocycles. The molecular weight excluding hydrogens is 232 g/mol. The molecule has 0 spiro atoms. The van der Waals surface area contributed by atoms with E-state index in [1.54, 1.807) is 24.3 Å². The summed E-state index contributed by atoms with van der Waals surface area (Å²) in [7, 11) is 0. The number of para-hydroxylation sites is 2. The quantitative estimate of drug-likeness (QED) is 0.659. The van der Waals surface area contributed by atoms with Crippen LogP contribution in [0.5, 0.6) is 0 Å². The monoisotopic (exact) mass is 250 g/mol. The summed E-state index contributed by atoms with van der Waals surface area (Å²) < 4.78 is 0. The number of anilines is 2. The first-order valence-electron chi connectivity index (χ1n) is 5.86. The van der Waals surface area contributed by atoms with Gasteiger partial charge in [-0.1, -0.05) is 12.1 Å². The highest BCUT2D eigenvalue weighted by molar-refractivity contribution is 5.98. The van der Waals surface area contributed by atoms with Gasteiger partial charge in [0.2, 0.25) is 0 Å². The van der Waals surface area contributed by atoms with Crippen molar-refractivity contribution in [1.82, 2.24) is 10.6 Å². The van der Waals surface area contributed by atoms with Gasteiger partial charge in [0.1, 0.15) is 0 Å². The van der Waals surface area contributed by atoms with Crippen LogP contribution in [0.3, 0.4) is 0 Å². The number of carbonyl (C=O) groups is 2. The van der Waals surface area contributed by atoms with E-state index >= 15 is 0 Å². The zero-order chi connectivity index (χ0) is 13.4. The number of hydrogen-bond acceptors (Lipinski definition) is 2. The van der Waals surface area contributed by atoms with Crippen LogP contribution in [0.2, 0.25) is 0 Å². The lowest BCUT2D eigenvalue weighted by Crippen LogP contribution is -2.30. The van der Waals surface area contributed by atoms with E-state index in [-0.39, 0.29) is 12.1 Å². The van der Waals surface area contributed by atoms with Crippen LogP contribution in [0.1, 0.15) is 13.8 Å². The van der Waals surface area contributed by atoms with Gasteiger partial charge in [0.05, 0.1) is 11.4 Å². The fourth-order valence-electron chi connectivity index (χ4n) is 1.36. The van der Waals surface area contributed by atoms with Gasteiger partial charge in [-0.05, 0) is 26.0 Å². The van der Waals surface area contributed by atoms with Gasteiger partial charge in [0.15, 0.2) is 0 Å². The van der Waals surface area contributed by atoms with Gasteiger partial charge in [-0.3, -0.25) is 0 Å². The van der Waals surface area contributed by atoms with E-state index in [0.717, 1.165) is 0 Å². The zero-order valence-electron chi connectivity index (χ0n) is 10.5. The lowest BCUT2D eigenvalue weighted by Gasteiger charge is -2.12. The van der Waals surface area contributed by atoms with Gasteiger partial charge >= 0.3 is 12.1 Å². The molecule has 0 aliphatic rings. The smallest absolute Gasteiger partial charge is 0.319 e. The van der Waals surface area contributed by atoms with Crippen LogP contribution in [-0.4, -0.2) is 25.2 Å². The predicted molar refractivity (Wildman–Crippen MR) is 71.8 cm³/mol. The van der Waals surface area contributed by atoms with Crippen LogP contribution >= 0.6 is 0 Å². The Labute approximate surface area is 106 Å². The van der Waals surface area contributed by atoms with E-state index in [1.165, 1.54) is 0 Å². The molecule has 1 aromatic rings. The third-order valence-electron chi connectivity index (χ3n) is 2.10. The third-order valence-corrected chi connectivity index (χ3v) is 2.10. The van der Waals surface area contributed by atoms with Crippen molar-refractivity contribution in [1.29, 1.82) is 0 Å². The summed E-state index contributed by atoms with van der Waals surface area (Å²) in [5.41, 5.74) is 1.10. The van der Waals surface area contributed by atoms with Gasteiger partial charge in [0, 0.05) is 13.1 Å². The zero-order valence-corrected chi connectivity index (χ0v) is 10.5. The van der Waals surface area contributed by atoms with Crippen LogP contribution < -0.4 is 21.3 Å². The molecule has 0 aliphatic heterocycles. The molecule has 1 rings (SSSR count). The van der Waals surface area contributed by atoms with Gasteiger partial charge < -0.3 is 21.3 Å². The van der Waals surface area contributed by atoms with Gasteiger partial charge in [0.25, 0.3) is 0 Å². The highest BCUT2D eigenvalue weighted by Crippen LogP contribution is 2.20. The average Bonchev–Trinajstić information content (AvgIpc) is 2.32. The SMILES string of the molecule is CCNC(=O)Nc1ccccc1NC(=O)NCC. The molecule has 0 aromatic heterocycles. The van der Waals surface area contributed by atoms with Gasteiger partial charge in [-0.25, -0.2) is 9.59 Å². The maximum absolute atomic E-state index is 11.4. The van der Waals surface area contributed by atoms with Gasteiger partial charge in [-0.15, -0.1) is 0 Å². The lowest BCUT2D eigenvalue weighted by molar-refractivity contribution is 0.251. The molecule has 0 fully saturated rings. The molecule has 4 amide bonds. The molecule has 4 N–H and O–H groups in total. The molecular formula is C12H18N4O2. The van der Waals surface area contributed by atoms with Crippen LogP contribution in [-0.2, 0) is 0 Å². The number of carbonyl (C=O) groups excluding carboxylic acids is 2. The number of benzene rings is 1. The molecule has 0 atom stereocenters. The molecule has 6 nitrogen and oxygen atoms in total. The molecule has 0 heterocycles. The Hall–Kier alpha value is -2.24. The van der Waals surface area contributed by atoms with Crippen molar-refractivity contribution >= 4 is 23.4 Å². The minimum Gasteiger partial charge on any atom is -0.338 e. The van der Waals surface area contributed by atoms with Crippen molar-refractivity contribution in [2.24, 2.45) is 0 Å². The summed E-state index contributed by atoms with van der Waals surface area (Å²) in [6, 6.07) is 6.40. The topological polar surface area (TPSA) is 82.3 Å². The largest absolute Gasteiger partial charge is 0.338 e. The van der Waals surface area contributed by atoms with Crippen LogP contribution in [0.15, 0.2) is 24.3 Å². The maximum atomic E-state index is 11.4. The molecule has 18 heavy (non-hydrogen) atoms. The second-order valence-electron chi connectivity index (χ2n) is 3.51. The van der Waals surface area contributed by atoms with Crippen LogP contribution in [0, 0.1) is 0 Å². The first kappa shape index (κ1) is 13.8. The van der Waals surface area contributed by atoms with E-state index in [2.05, 4.69) is 21.3 Å². The van der Waals surface area contributed by atoms with Crippen molar-refractivity contribution in [3.63, 3.8) is 0 Å². The Bertz CT molecular complexity index is 381. The number of amides is 4. The molecule has 0 bridgehead atoms. The molecule has 6 heteroatoms. The Morgan fingerprint density at radius 3 is 1.61 bits per heavy atom. The first-order chi connectivity index (χ1) is 8.67. The molecule has 1 aromatic carbocycles. The fourth-order valence-corrected chi connectivity index (χ4v) is 1.36. The number of rotatable bonds is 4. The van der Waals surface area contributed by atoms with Crippen molar-refractivity contribution < 1.29 is 9.59 Å². The van der Waals surface area contributed by atoms with E-state index < -0.39 is 0 Å². The van der Waals surface area contributed by atoms with Crippen molar-refractivity contribution in [3.05, 3.63) is 24.3 Å². The maximum Gasteiger partial charge on any atom is 0.319 e. The Balaban J connectivity index is 2.73. The Morgan fingerprint density at radius 1 is 0.889 bits per heavy atom. The second kappa shape index (κ2) is 7.16. The molecule has 0 radical (unpaired) electrons. The average molecular weight is 250 g/mol. The fraction of sp³-hybridized carbons (Fsp3) is 0.333. The number of hydrogen-bond donors (Lipinski definition) is 4. The predicted octanol–water partition coefficient (Wildman–Crippen LogP) is 1.97. The molecule has 98 valence electrons. The first-order valence-corrected chi connectivity index (χ1v) is 5.86. The normalized spacial score (nSPS) is 9.44. The number of nitrogens with one attached hydrogen (secondary N) is 4. The molecule has 0 unspecified atom stereocenters. The summed E-state index contributed by atoms with van der Waals surface area (Å²) in [5, 5.41) is 10.6. The van der Waals surface area contributed by atoms with E-state index in [9.17, 15) is 9.59 Å². The van der Waals surface area contributed by atoms with E-state index in [4.69, 9.17) is 0 Å². The van der Waals surface area contributed by atoms with Crippen molar-refractivity contribution in [3.8, 4) is 0 Å². The van der Waals surface area contributed by atoms with E-state index in [0.29, 0.717) is 24.5 Å². The highest BCUT2D eigenvalue weighted by atomic mass is 16.2.